The Kier molecular flexibility index (Phi) is 3.56. The first-order chi connectivity index (χ1) is 8.52. The Labute approximate surface area is 102 Å². The number of halogens is 3. The lowest BCUT2D eigenvalue weighted by atomic mass is 10.1. The fourth-order valence-electron chi connectivity index (χ4n) is 2.03. The molecule has 1 aliphatic heterocycles. The number of hydrogen-bond donors (Lipinski definition) is 1. The fraction of sp³-hybridized carbons (Fsp3) is 0.417. The molecule has 3 nitrogen and oxygen atoms in total. The van der Waals surface area contributed by atoms with Crippen LogP contribution in [0, 0.1) is 23.4 Å². The number of amides is 1. The highest BCUT2D eigenvalue weighted by Crippen LogP contribution is 2.20. The molecule has 1 heterocycles. The second-order valence-corrected chi connectivity index (χ2v) is 4.34. The number of aliphatic hydroxyl groups excluding tert-OH is 1. The van der Waals surface area contributed by atoms with Gasteiger partial charge in [-0.1, -0.05) is 0 Å². The smallest absolute Gasteiger partial charge is 0.254 e. The van der Waals surface area contributed by atoms with E-state index in [9.17, 15) is 18.0 Å². The normalized spacial score (nSPS) is 19.3. The standard InChI is InChI=1S/C12H12F3NO2/c13-9-3-8(4-10(14)11(9)15)12(18)16-2-1-7(5-16)6-17/h3-4,7,17H,1-2,5-6H2. The van der Waals surface area contributed by atoms with Crippen LogP contribution in [-0.2, 0) is 0 Å². The first kappa shape index (κ1) is 12.9. The van der Waals surface area contributed by atoms with Crippen molar-refractivity contribution in [2.24, 2.45) is 5.92 Å². The summed E-state index contributed by atoms with van der Waals surface area (Å²) in [5.74, 6) is -4.90. The molecule has 1 aromatic rings. The van der Waals surface area contributed by atoms with E-state index in [0.29, 0.717) is 31.6 Å². The zero-order valence-corrected chi connectivity index (χ0v) is 9.50. The molecule has 0 bridgehead atoms. The van der Waals surface area contributed by atoms with Crippen LogP contribution in [0.15, 0.2) is 12.1 Å². The molecule has 0 aliphatic carbocycles. The van der Waals surface area contributed by atoms with E-state index in [1.807, 2.05) is 0 Å². The molecule has 18 heavy (non-hydrogen) atoms. The van der Waals surface area contributed by atoms with Gasteiger partial charge in [-0.15, -0.1) is 0 Å². The van der Waals surface area contributed by atoms with Gasteiger partial charge < -0.3 is 10.0 Å². The van der Waals surface area contributed by atoms with Crippen LogP contribution < -0.4 is 0 Å². The van der Waals surface area contributed by atoms with Crippen molar-refractivity contribution in [2.75, 3.05) is 19.7 Å². The summed E-state index contributed by atoms with van der Waals surface area (Å²) >= 11 is 0. The molecule has 1 atom stereocenters. The summed E-state index contributed by atoms with van der Waals surface area (Å²) in [6, 6.07) is 1.38. The van der Waals surface area contributed by atoms with Gasteiger partial charge in [-0.2, -0.15) is 0 Å². The molecule has 1 amide bonds. The SMILES string of the molecule is O=C(c1cc(F)c(F)c(F)c1)N1CCC(CO)C1. The Morgan fingerprint density at radius 2 is 1.94 bits per heavy atom. The molecule has 0 radical (unpaired) electrons. The predicted octanol–water partition coefficient (Wildman–Crippen LogP) is 1.56. The molecule has 0 aromatic heterocycles. The van der Waals surface area contributed by atoms with Gasteiger partial charge in [0.25, 0.3) is 5.91 Å². The zero-order chi connectivity index (χ0) is 13.3. The zero-order valence-electron chi connectivity index (χ0n) is 9.50. The molecule has 0 saturated carbocycles. The second-order valence-electron chi connectivity index (χ2n) is 4.34. The molecule has 0 spiro atoms. The minimum Gasteiger partial charge on any atom is -0.396 e. The van der Waals surface area contributed by atoms with Gasteiger partial charge >= 0.3 is 0 Å². The molecule has 6 heteroatoms. The lowest BCUT2D eigenvalue weighted by Crippen LogP contribution is -2.29. The summed E-state index contributed by atoms with van der Waals surface area (Å²) in [5.41, 5.74) is -0.218. The lowest BCUT2D eigenvalue weighted by molar-refractivity contribution is 0.0780. The van der Waals surface area contributed by atoms with Gasteiger partial charge in [0, 0.05) is 31.2 Å². The first-order valence-electron chi connectivity index (χ1n) is 5.57. The lowest BCUT2D eigenvalue weighted by Gasteiger charge is -2.16. The van der Waals surface area contributed by atoms with Crippen LogP contribution in [0.5, 0.6) is 0 Å². The number of aliphatic hydroxyl groups is 1. The molecule has 1 aliphatic rings. The summed E-state index contributed by atoms with van der Waals surface area (Å²) in [7, 11) is 0. The van der Waals surface area contributed by atoms with Crippen molar-refractivity contribution in [1.82, 2.24) is 4.90 Å². The average molecular weight is 259 g/mol. The predicted molar refractivity (Wildman–Crippen MR) is 57.4 cm³/mol. The highest BCUT2D eigenvalue weighted by Gasteiger charge is 2.27. The molecular formula is C12H12F3NO2. The number of nitrogens with zero attached hydrogens (tertiary/aromatic N) is 1. The Bertz CT molecular complexity index is 455. The van der Waals surface area contributed by atoms with E-state index in [4.69, 9.17) is 5.11 Å². The largest absolute Gasteiger partial charge is 0.396 e. The minimum atomic E-state index is -1.58. The number of benzene rings is 1. The van der Waals surface area contributed by atoms with Crippen LogP contribution in [-0.4, -0.2) is 35.6 Å². The Balaban J connectivity index is 2.19. The van der Waals surface area contributed by atoms with Crippen LogP contribution in [0.2, 0.25) is 0 Å². The second kappa shape index (κ2) is 4.97. The third kappa shape index (κ3) is 2.33. The number of likely N-dealkylation sites (tertiary alicyclic amines) is 1. The summed E-state index contributed by atoms with van der Waals surface area (Å²) in [6.07, 6.45) is 0.647. The number of carbonyl (C=O) groups is 1. The topological polar surface area (TPSA) is 40.5 Å². The van der Waals surface area contributed by atoms with Crippen molar-refractivity contribution < 1.29 is 23.1 Å². The number of hydrogen-bond acceptors (Lipinski definition) is 2. The minimum absolute atomic E-state index is 0.0101. The molecule has 1 aromatic carbocycles. The summed E-state index contributed by atoms with van der Waals surface area (Å²) in [4.78, 5) is 13.3. The molecule has 1 saturated heterocycles. The summed E-state index contributed by atoms with van der Waals surface area (Å²) in [6.45, 7) is 0.733. The third-order valence-electron chi connectivity index (χ3n) is 3.06. The van der Waals surface area contributed by atoms with E-state index in [0.717, 1.165) is 0 Å². The molecular weight excluding hydrogens is 247 g/mol. The Morgan fingerprint density at radius 3 is 2.44 bits per heavy atom. The van der Waals surface area contributed by atoms with Gasteiger partial charge in [-0.05, 0) is 18.6 Å². The van der Waals surface area contributed by atoms with Crippen molar-refractivity contribution in [3.8, 4) is 0 Å². The van der Waals surface area contributed by atoms with Gasteiger partial charge in [-0.3, -0.25) is 4.79 Å². The first-order valence-corrected chi connectivity index (χ1v) is 5.57. The van der Waals surface area contributed by atoms with Gasteiger partial charge in [0.1, 0.15) is 0 Å². The Morgan fingerprint density at radius 1 is 1.33 bits per heavy atom. The molecule has 1 N–H and O–H groups in total. The molecule has 1 unspecified atom stereocenters. The van der Waals surface area contributed by atoms with E-state index < -0.39 is 23.4 Å². The van der Waals surface area contributed by atoms with Crippen LogP contribution >= 0.6 is 0 Å². The fourth-order valence-corrected chi connectivity index (χ4v) is 2.03. The van der Waals surface area contributed by atoms with E-state index in [2.05, 4.69) is 0 Å². The number of rotatable bonds is 2. The highest BCUT2D eigenvalue weighted by atomic mass is 19.2. The maximum Gasteiger partial charge on any atom is 0.254 e. The van der Waals surface area contributed by atoms with E-state index in [-0.39, 0.29) is 18.1 Å². The van der Waals surface area contributed by atoms with Gasteiger partial charge in [0.05, 0.1) is 0 Å². The average Bonchev–Trinajstić information content (AvgIpc) is 2.83. The van der Waals surface area contributed by atoms with E-state index in [1.165, 1.54) is 4.90 Å². The number of carbonyl (C=O) groups excluding carboxylic acids is 1. The van der Waals surface area contributed by atoms with Crippen molar-refractivity contribution >= 4 is 5.91 Å². The van der Waals surface area contributed by atoms with Crippen molar-refractivity contribution in [3.05, 3.63) is 35.1 Å². The molecule has 1 fully saturated rings. The maximum atomic E-state index is 13.0. The summed E-state index contributed by atoms with van der Waals surface area (Å²) in [5, 5.41) is 8.95. The monoisotopic (exact) mass is 259 g/mol. The highest BCUT2D eigenvalue weighted by molar-refractivity contribution is 5.94. The summed E-state index contributed by atoms with van der Waals surface area (Å²) < 4.78 is 38.8. The van der Waals surface area contributed by atoms with E-state index in [1.54, 1.807) is 0 Å². The van der Waals surface area contributed by atoms with Gasteiger partial charge in [0.15, 0.2) is 17.5 Å². The maximum absolute atomic E-state index is 13.0. The van der Waals surface area contributed by atoms with Crippen LogP contribution in [0.1, 0.15) is 16.8 Å². The Hall–Kier alpha value is -1.56. The quantitative estimate of drug-likeness (QED) is 0.819. The van der Waals surface area contributed by atoms with Crippen molar-refractivity contribution in [1.29, 1.82) is 0 Å². The van der Waals surface area contributed by atoms with Crippen molar-refractivity contribution in [2.45, 2.75) is 6.42 Å². The van der Waals surface area contributed by atoms with Crippen LogP contribution in [0.4, 0.5) is 13.2 Å². The van der Waals surface area contributed by atoms with Crippen LogP contribution in [0.25, 0.3) is 0 Å². The van der Waals surface area contributed by atoms with Crippen LogP contribution in [0.3, 0.4) is 0 Å². The van der Waals surface area contributed by atoms with Gasteiger partial charge in [0.2, 0.25) is 0 Å². The van der Waals surface area contributed by atoms with E-state index >= 15 is 0 Å². The molecule has 98 valence electrons. The molecule has 2 rings (SSSR count). The van der Waals surface area contributed by atoms with Crippen molar-refractivity contribution in [3.63, 3.8) is 0 Å². The van der Waals surface area contributed by atoms with Gasteiger partial charge in [-0.25, -0.2) is 13.2 Å². The third-order valence-corrected chi connectivity index (χ3v) is 3.06.